The molecule has 0 spiro atoms. The Balaban J connectivity index is 2.07. The van der Waals surface area contributed by atoms with E-state index in [1.54, 1.807) is 47.6 Å². The molecule has 0 radical (unpaired) electrons. The van der Waals surface area contributed by atoms with Crippen molar-refractivity contribution in [3.8, 4) is 5.69 Å². The minimum atomic E-state index is -0.437. The summed E-state index contributed by atoms with van der Waals surface area (Å²) in [7, 11) is 0. The number of rotatable bonds is 4. The highest BCUT2D eigenvalue weighted by Crippen LogP contribution is 2.40. The zero-order valence-electron chi connectivity index (χ0n) is 12.3. The molecule has 1 unspecified atom stereocenters. The lowest BCUT2D eigenvalue weighted by atomic mass is 10.2. The van der Waals surface area contributed by atoms with Gasteiger partial charge in [-0.25, -0.2) is 9.48 Å². The number of nitrogens with zero attached hydrogens (tertiary/aromatic N) is 2. The van der Waals surface area contributed by atoms with Crippen LogP contribution in [0, 0.1) is 0 Å². The molecule has 1 aliphatic rings. The molecule has 1 aromatic carbocycles. The Morgan fingerprint density at radius 1 is 1.43 bits per heavy atom. The third-order valence-electron chi connectivity index (χ3n) is 3.38. The van der Waals surface area contributed by atoms with Gasteiger partial charge < -0.3 is 4.74 Å². The van der Waals surface area contributed by atoms with E-state index in [0.29, 0.717) is 22.3 Å². The number of aromatic nitrogens is 2. The van der Waals surface area contributed by atoms with Gasteiger partial charge in [0.05, 0.1) is 28.3 Å². The molecule has 23 heavy (non-hydrogen) atoms. The maximum Gasteiger partial charge on any atom is 0.358 e. The fourth-order valence-electron chi connectivity index (χ4n) is 2.35. The molecule has 2 aromatic rings. The summed E-state index contributed by atoms with van der Waals surface area (Å²) in [5.41, 5.74) is 1.88. The number of carbonyl (C=O) groups is 1. The van der Waals surface area contributed by atoms with E-state index in [1.165, 1.54) is 0 Å². The number of allylic oxidation sites excluding steroid dienone is 1. The summed E-state index contributed by atoms with van der Waals surface area (Å²) in [6.07, 6.45) is 2.98. The van der Waals surface area contributed by atoms with Gasteiger partial charge in [-0.05, 0) is 43.0 Å². The monoisotopic (exact) mass is 368 g/mol. The average molecular weight is 369 g/mol. The number of halogens is 2. The molecule has 0 aliphatic carbocycles. The molecule has 1 atom stereocenters. The van der Waals surface area contributed by atoms with Crippen LogP contribution in [0.2, 0.25) is 10.0 Å². The Labute approximate surface area is 148 Å². The number of hydrogen-bond acceptors (Lipinski definition) is 4. The van der Waals surface area contributed by atoms with E-state index in [4.69, 9.17) is 27.9 Å². The van der Waals surface area contributed by atoms with Crippen molar-refractivity contribution < 1.29 is 9.53 Å². The standard InChI is InChI=1S/C16H14Cl2N2O2S/c1-2-22-16(21)12-9-14(15-4-3-7-23-15)20(19-12)13-6-5-10(17)8-11(13)18/h3,5-9,15H,2,4H2,1H3. The molecule has 4 nitrogen and oxygen atoms in total. The number of hydrogen-bond donors (Lipinski definition) is 0. The van der Waals surface area contributed by atoms with E-state index in [1.807, 2.05) is 0 Å². The SMILES string of the molecule is CCOC(=O)c1cc(C2CC=CS2)n(-c2ccc(Cl)cc2Cl)n1. The maximum atomic E-state index is 12.0. The Bertz CT molecular complexity index is 765. The van der Waals surface area contributed by atoms with Gasteiger partial charge in [0.25, 0.3) is 0 Å². The van der Waals surface area contributed by atoms with Gasteiger partial charge in [0.1, 0.15) is 0 Å². The molecule has 7 heteroatoms. The number of ether oxygens (including phenoxy) is 1. The molecule has 3 rings (SSSR count). The van der Waals surface area contributed by atoms with E-state index in [2.05, 4.69) is 16.6 Å². The summed E-state index contributed by atoms with van der Waals surface area (Å²) < 4.78 is 6.76. The Morgan fingerprint density at radius 2 is 2.26 bits per heavy atom. The van der Waals surface area contributed by atoms with Crippen molar-refractivity contribution in [3.05, 3.63) is 57.2 Å². The first kappa shape index (κ1) is 16.4. The predicted octanol–water partition coefficient (Wildman–Crippen LogP) is 5.05. The summed E-state index contributed by atoms with van der Waals surface area (Å²) in [6, 6.07) is 6.98. The van der Waals surface area contributed by atoms with Crippen molar-refractivity contribution in [2.24, 2.45) is 0 Å². The molecular weight excluding hydrogens is 355 g/mol. The molecule has 0 N–H and O–H groups in total. The molecule has 1 aliphatic heterocycles. The van der Waals surface area contributed by atoms with Crippen molar-refractivity contribution in [2.45, 2.75) is 18.6 Å². The predicted molar refractivity (Wildman–Crippen MR) is 93.6 cm³/mol. The maximum absolute atomic E-state index is 12.0. The van der Waals surface area contributed by atoms with Crippen molar-refractivity contribution >= 4 is 40.9 Å². The van der Waals surface area contributed by atoms with Crippen LogP contribution < -0.4 is 0 Å². The fraction of sp³-hybridized carbons (Fsp3) is 0.250. The average Bonchev–Trinajstić information content (AvgIpc) is 3.16. The van der Waals surface area contributed by atoms with E-state index >= 15 is 0 Å². The van der Waals surface area contributed by atoms with Gasteiger partial charge in [0.15, 0.2) is 5.69 Å². The van der Waals surface area contributed by atoms with Crippen molar-refractivity contribution in [1.29, 1.82) is 0 Å². The Hall–Kier alpha value is -1.43. The summed E-state index contributed by atoms with van der Waals surface area (Å²) in [5, 5.41) is 7.68. The molecular formula is C16H14Cl2N2O2S. The molecule has 0 amide bonds. The molecule has 0 saturated heterocycles. The van der Waals surface area contributed by atoms with Crippen molar-refractivity contribution in [1.82, 2.24) is 9.78 Å². The van der Waals surface area contributed by atoms with Gasteiger partial charge in [-0.15, -0.1) is 11.8 Å². The Morgan fingerprint density at radius 3 is 2.91 bits per heavy atom. The van der Waals surface area contributed by atoms with Gasteiger partial charge in [0, 0.05) is 5.02 Å². The second-order valence-corrected chi connectivity index (χ2v) is 6.87. The summed E-state index contributed by atoms with van der Waals surface area (Å²) in [6.45, 7) is 2.07. The van der Waals surface area contributed by atoms with Crippen LogP contribution in [0.3, 0.4) is 0 Å². The second kappa shape index (κ2) is 6.99. The Kier molecular flexibility index (Phi) is 4.99. The van der Waals surface area contributed by atoms with Crippen LogP contribution in [-0.4, -0.2) is 22.4 Å². The number of carbonyl (C=O) groups excluding carboxylic acids is 1. The summed E-state index contributed by atoms with van der Waals surface area (Å²) >= 11 is 14.0. The van der Waals surface area contributed by atoms with E-state index in [-0.39, 0.29) is 10.9 Å². The first-order valence-corrected chi connectivity index (χ1v) is 8.83. The minimum Gasteiger partial charge on any atom is -0.461 e. The summed E-state index contributed by atoms with van der Waals surface area (Å²) in [4.78, 5) is 12.0. The zero-order valence-corrected chi connectivity index (χ0v) is 14.7. The summed E-state index contributed by atoms with van der Waals surface area (Å²) in [5.74, 6) is -0.437. The molecule has 0 fully saturated rings. The topological polar surface area (TPSA) is 44.1 Å². The third kappa shape index (κ3) is 3.42. The van der Waals surface area contributed by atoms with Crippen LogP contribution in [-0.2, 0) is 4.74 Å². The van der Waals surface area contributed by atoms with Gasteiger partial charge in [0.2, 0.25) is 0 Å². The smallest absolute Gasteiger partial charge is 0.358 e. The van der Waals surface area contributed by atoms with E-state index < -0.39 is 5.97 Å². The number of benzene rings is 1. The first-order valence-electron chi connectivity index (χ1n) is 7.13. The quantitative estimate of drug-likeness (QED) is 0.708. The van der Waals surface area contributed by atoms with Gasteiger partial charge in [-0.1, -0.05) is 29.3 Å². The molecule has 1 aromatic heterocycles. The lowest BCUT2D eigenvalue weighted by Crippen LogP contribution is -2.08. The van der Waals surface area contributed by atoms with Crippen molar-refractivity contribution in [2.75, 3.05) is 6.61 Å². The lowest BCUT2D eigenvalue weighted by Gasteiger charge is -2.13. The molecule has 0 saturated carbocycles. The van der Waals surface area contributed by atoms with Gasteiger partial charge in [-0.3, -0.25) is 0 Å². The highest BCUT2D eigenvalue weighted by Gasteiger charge is 2.24. The molecule has 2 heterocycles. The highest BCUT2D eigenvalue weighted by atomic mass is 35.5. The fourth-order valence-corrected chi connectivity index (χ4v) is 3.78. The van der Waals surface area contributed by atoms with Crippen LogP contribution in [0.5, 0.6) is 0 Å². The molecule has 0 bridgehead atoms. The third-order valence-corrected chi connectivity index (χ3v) is 5.03. The van der Waals surface area contributed by atoms with Crippen LogP contribution in [0.25, 0.3) is 5.69 Å². The normalized spacial score (nSPS) is 16.7. The number of thioether (sulfide) groups is 1. The zero-order chi connectivity index (χ0) is 16.4. The van der Waals surface area contributed by atoms with Crippen LogP contribution in [0.1, 0.15) is 34.8 Å². The van der Waals surface area contributed by atoms with Crippen LogP contribution in [0.4, 0.5) is 0 Å². The molecule has 120 valence electrons. The number of esters is 1. The van der Waals surface area contributed by atoms with Crippen molar-refractivity contribution in [3.63, 3.8) is 0 Å². The van der Waals surface area contributed by atoms with E-state index in [9.17, 15) is 4.79 Å². The first-order chi connectivity index (χ1) is 11.1. The highest BCUT2D eigenvalue weighted by molar-refractivity contribution is 8.02. The minimum absolute atomic E-state index is 0.192. The van der Waals surface area contributed by atoms with Gasteiger partial charge in [-0.2, -0.15) is 5.10 Å². The van der Waals surface area contributed by atoms with Gasteiger partial charge >= 0.3 is 5.97 Å². The van der Waals surface area contributed by atoms with E-state index in [0.717, 1.165) is 12.1 Å². The van der Waals surface area contributed by atoms with Crippen LogP contribution in [0.15, 0.2) is 35.7 Å². The largest absolute Gasteiger partial charge is 0.461 e. The van der Waals surface area contributed by atoms with Crippen LogP contribution >= 0.6 is 35.0 Å². The second-order valence-electron chi connectivity index (χ2n) is 4.91. The lowest BCUT2D eigenvalue weighted by molar-refractivity contribution is 0.0519.